The Kier molecular flexibility index (Phi) is 3.05. The molecule has 3 aromatic rings. The van der Waals surface area contributed by atoms with Crippen LogP contribution in [0.4, 0.5) is 5.82 Å². The van der Waals surface area contributed by atoms with Crippen molar-refractivity contribution in [3.05, 3.63) is 75.1 Å². The number of halogens is 1. The lowest BCUT2D eigenvalue weighted by molar-refractivity contribution is 1.02. The molecule has 5 heteroatoms. The molecule has 0 aliphatic carbocycles. The van der Waals surface area contributed by atoms with Crippen molar-refractivity contribution in [2.75, 3.05) is 5.32 Å². The first-order chi connectivity index (χ1) is 10.3. The number of fused-ring (bicyclic) bond motifs is 1. The Bertz CT molecular complexity index is 805. The molecule has 1 aliphatic rings. The molecule has 1 unspecified atom stereocenters. The van der Waals surface area contributed by atoms with Crippen LogP contribution in [-0.4, -0.2) is 10.2 Å². The summed E-state index contributed by atoms with van der Waals surface area (Å²) in [6.07, 6.45) is 4.07. The molecule has 0 saturated heterocycles. The maximum absolute atomic E-state index is 6.39. The van der Waals surface area contributed by atoms with E-state index in [0.717, 1.165) is 27.7 Å². The van der Waals surface area contributed by atoms with Crippen LogP contribution in [0.1, 0.15) is 21.9 Å². The first-order valence-electron chi connectivity index (χ1n) is 6.63. The summed E-state index contributed by atoms with van der Waals surface area (Å²) in [5, 5.41) is 13.5. The van der Waals surface area contributed by atoms with Gasteiger partial charge in [-0.1, -0.05) is 35.9 Å². The molecule has 0 fully saturated rings. The molecule has 4 rings (SSSR count). The largest absolute Gasteiger partial charge is 0.339 e. The molecule has 0 radical (unpaired) electrons. The smallest absolute Gasteiger partial charge is 0.130 e. The van der Waals surface area contributed by atoms with Gasteiger partial charge in [-0.3, -0.25) is 5.10 Å². The average Bonchev–Trinajstić information content (AvgIpc) is 3.18. The van der Waals surface area contributed by atoms with Crippen molar-refractivity contribution in [2.45, 2.75) is 5.92 Å². The third-order valence-corrected chi connectivity index (χ3v) is 4.87. The van der Waals surface area contributed by atoms with E-state index in [9.17, 15) is 0 Å². The van der Waals surface area contributed by atoms with Gasteiger partial charge >= 0.3 is 0 Å². The molecule has 1 aliphatic heterocycles. The van der Waals surface area contributed by atoms with Gasteiger partial charge in [0.05, 0.1) is 16.8 Å². The van der Waals surface area contributed by atoms with E-state index in [1.807, 2.05) is 24.4 Å². The molecule has 1 aromatic carbocycles. The van der Waals surface area contributed by atoms with Gasteiger partial charge in [-0.2, -0.15) is 5.10 Å². The number of nitrogens with zero attached hydrogens (tertiary/aromatic N) is 1. The Morgan fingerprint density at radius 3 is 2.81 bits per heavy atom. The van der Waals surface area contributed by atoms with E-state index >= 15 is 0 Å². The molecule has 0 spiro atoms. The highest BCUT2D eigenvalue weighted by atomic mass is 35.5. The zero-order valence-corrected chi connectivity index (χ0v) is 12.6. The first kappa shape index (κ1) is 12.7. The predicted octanol–water partition coefficient (Wildman–Crippen LogP) is 4.72. The highest BCUT2D eigenvalue weighted by Crippen LogP contribution is 2.40. The van der Waals surface area contributed by atoms with Crippen LogP contribution < -0.4 is 5.32 Å². The summed E-state index contributed by atoms with van der Waals surface area (Å²) in [5.74, 6) is 1.04. The van der Waals surface area contributed by atoms with Crippen LogP contribution in [-0.2, 0) is 0 Å². The summed E-state index contributed by atoms with van der Waals surface area (Å²) >= 11 is 8.10. The Labute approximate surface area is 131 Å². The second-order valence-corrected chi connectivity index (χ2v) is 6.24. The Morgan fingerprint density at radius 2 is 2.00 bits per heavy atom. The van der Waals surface area contributed by atoms with Crippen LogP contribution in [0.15, 0.2) is 54.1 Å². The van der Waals surface area contributed by atoms with Gasteiger partial charge in [0.25, 0.3) is 0 Å². The summed E-state index contributed by atoms with van der Waals surface area (Å²) in [4.78, 5) is 1.20. The van der Waals surface area contributed by atoms with Crippen LogP contribution in [0, 0.1) is 0 Å². The number of H-pyrrole nitrogens is 1. The Balaban J connectivity index is 1.87. The number of allylic oxidation sites excluding steroid dienone is 1. The summed E-state index contributed by atoms with van der Waals surface area (Å²) < 4.78 is 0. The van der Waals surface area contributed by atoms with Gasteiger partial charge in [-0.25, -0.2) is 0 Å². The molecule has 21 heavy (non-hydrogen) atoms. The fourth-order valence-electron chi connectivity index (χ4n) is 2.62. The van der Waals surface area contributed by atoms with Crippen molar-refractivity contribution in [3.63, 3.8) is 0 Å². The molecule has 2 aromatic heterocycles. The van der Waals surface area contributed by atoms with Gasteiger partial charge in [0.1, 0.15) is 5.82 Å². The van der Waals surface area contributed by atoms with E-state index in [2.05, 4.69) is 45.2 Å². The number of hydrogen-bond donors (Lipinski definition) is 2. The number of hydrogen-bond acceptors (Lipinski definition) is 3. The maximum atomic E-state index is 6.39. The lowest BCUT2D eigenvalue weighted by Gasteiger charge is -2.23. The fourth-order valence-corrected chi connectivity index (χ4v) is 3.58. The number of aromatic amines is 1. The van der Waals surface area contributed by atoms with Crippen LogP contribution in [0.25, 0.3) is 5.70 Å². The van der Waals surface area contributed by atoms with Crippen molar-refractivity contribution in [2.24, 2.45) is 0 Å². The summed E-state index contributed by atoms with van der Waals surface area (Å²) in [5.41, 5.74) is 3.30. The summed E-state index contributed by atoms with van der Waals surface area (Å²) in [7, 11) is 0. The van der Waals surface area contributed by atoms with E-state index in [4.69, 9.17) is 11.6 Å². The molecule has 3 nitrogen and oxygen atoms in total. The van der Waals surface area contributed by atoms with Crippen molar-refractivity contribution in [3.8, 4) is 0 Å². The molecule has 0 bridgehead atoms. The molecule has 1 atom stereocenters. The third kappa shape index (κ3) is 2.17. The highest BCUT2D eigenvalue weighted by molar-refractivity contribution is 7.11. The summed E-state index contributed by atoms with van der Waals surface area (Å²) in [6.45, 7) is 0. The Hall–Kier alpha value is -2.04. The Morgan fingerprint density at radius 1 is 1.10 bits per heavy atom. The monoisotopic (exact) mass is 313 g/mol. The molecule has 3 heterocycles. The zero-order chi connectivity index (χ0) is 14.2. The predicted molar refractivity (Wildman–Crippen MR) is 87.8 cm³/mol. The maximum Gasteiger partial charge on any atom is 0.130 e. The second kappa shape index (κ2) is 5.06. The van der Waals surface area contributed by atoms with Crippen molar-refractivity contribution >= 4 is 34.5 Å². The fraction of sp³-hybridized carbons (Fsp3) is 0.0625. The quantitative estimate of drug-likeness (QED) is 0.718. The van der Waals surface area contributed by atoms with Gasteiger partial charge in [-0.05, 0) is 29.2 Å². The number of aromatic nitrogens is 2. The number of anilines is 1. The van der Waals surface area contributed by atoms with Crippen molar-refractivity contribution < 1.29 is 0 Å². The molecule has 104 valence electrons. The van der Waals surface area contributed by atoms with Gasteiger partial charge in [0.2, 0.25) is 0 Å². The number of benzene rings is 1. The lowest BCUT2D eigenvalue weighted by atomic mass is 9.89. The highest BCUT2D eigenvalue weighted by Gasteiger charge is 2.25. The van der Waals surface area contributed by atoms with Crippen LogP contribution in [0.3, 0.4) is 0 Å². The minimum absolute atomic E-state index is 0.103. The van der Waals surface area contributed by atoms with Gasteiger partial charge < -0.3 is 5.32 Å². The first-order valence-corrected chi connectivity index (χ1v) is 7.89. The molecule has 0 amide bonds. The van der Waals surface area contributed by atoms with E-state index < -0.39 is 0 Å². The van der Waals surface area contributed by atoms with E-state index in [1.165, 1.54) is 4.88 Å². The van der Waals surface area contributed by atoms with Crippen molar-refractivity contribution in [1.82, 2.24) is 10.2 Å². The number of nitrogens with one attached hydrogen (secondary N) is 2. The van der Waals surface area contributed by atoms with Gasteiger partial charge in [0, 0.05) is 16.5 Å². The van der Waals surface area contributed by atoms with Gasteiger partial charge in [-0.15, -0.1) is 11.3 Å². The van der Waals surface area contributed by atoms with Crippen molar-refractivity contribution in [1.29, 1.82) is 0 Å². The number of thiophene rings is 1. The van der Waals surface area contributed by atoms with Crippen LogP contribution in [0.5, 0.6) is 0 Å². The third-order valence-electron chi connectivity index (χ3n) is 3.62. The van der Waals surface area contributed by atoms with E-state index in [0.29, 0.717) is 0 Å². The van der Waals surface area contributed by atoms with E-state index in [1.54, 1.807) is 11.3 Å². The minimum Gasteiger partial charge on any atom is -0.339 e. The second-order valence-electron chi connectivity index (χ2n) is 4.88. The topological polar surface area (TPSA) is 40.7 Å². The van der Waals surface area contributed by atoms with Crippen LogP contribution in [0.2, 0.25) is 5.02 Å². The standard InChI is InChI=1S/C16H12ClN3S/c17-13-5-2-1-4-10(13)11-8-14(15-6-3-7-21-15)19-16-12(11)9-18-20-16/h1-9,11H,(H2,18,19,20). The zero-order valence-electron chi connectivity index (χ0n) is 11.0. The SMILES string of the molecule is Clc1ccccc1C1C=C(c2cccs2)Nc2[nH]ncc21. The normalized spacial score (nSPS) is 17.0. The van der Waals surface area contributed by atoms with E-state index in [-0.39, 0.29) is 5.92 Å². The molecule has 2 N–H and O–H groups in total. The van der Waals surface area contributed by atoms with Gasteiger partial charge in [0.15, 0.2) is 0 Å². The molecular formula is C16H12ClN3S. The minimum atomic E-state index is 0.103. The average molecular weight is 314 g/mol. The molecule has 0 saturated carbocycles. The van der Waals surface area contributed by atoms with Crippen LogP contribution >= 0.6 is 22.9 Å². The molecular weight excluding hydrogens is 302 g/mol. The lowest BCUT2D eigenvalue weighted by Crippen LogP contribution is -2.11. The number of rotatable bonds is 2. The summed E-state index contributed by atoms with van der Waals surface area (Å²) in [6, 6.07) is 12.1.